The Hall–Kier alpha value is -2.38. The highest BCUT2D eigenvalue weighted by Gasteiger charge is 2.14. The van der Waals surface area contributed by atoms with Crippen molar-refractivity contribution in [1.82, 2.24) is 10.0 Å². The van der Waals surface area contributed by atoms with E-state index in [1.807, 2.05) is 24.3 Å². The van der Waals surface area contributed by atoms with E-state index in [1.54, 1.807) is 7.11 Å². The molecule has 0 saturated carbocycles. The predicted molar refractivity (Wildman–Crippen MR) is 115 cm³/mol. The Kier molecular flexibility index (Phi) is 9.15. The second kappa shape index (κ2) is 11.6. The molecule has 0 saturated heterocycles. The first kappa shape index (κ1) is 22.9. The van der Waals surface area contributed by atoms with Gasteiger partial charge in [-0.15, -0.1) is 0 Å². The number of ether oxygens (including phenoxy) is 1. The van der Waals surface area contributed by atoms with Crippen LogP contribution in [0.25, 0.3) is 0 Å². The lowest BCUT2D eigenvalue weighted by Crippen LogP contribution is -2.25. The number of unbranched alkanes of at least 4 members (excludes halogenated alkanes) is 4. The van der Waals surface area contributed by atoms with Crippen LogP contribution in [0.1, 0.15) is 54.9 Å². The molecule has 158 valence electrons. The second-order valence-electron chi connectivity index (χ2n) is 6.87. The first-order valence-electron chi connectivity index (χ1n) is 9.97. The smallest absolute Gasteiger partial charge is 0.251 e. The van der Waals surface area contributed by atoms with Gasteiger partial charge in [-0.3, -0.25) is 4.79 Å². The Morgan fingerprint density at radius 2 is 1.59 bits per heavy atom. The van der Waals surface area contributed by atoms with Crippen molar-refractivity contribution < 1.29 is 17.9 Å². The van der Waals surface area contributed by atoms with Crippen LogP contribution in [-0.2, 0) is 16.6 Å². The summed E-state index contributed by atoms with van der Waals surface area (Å²) in [6.45, 7) is 2.95. The minimum absolute atomic E-state index is 0.165. The fourth-order valence-electron chi connectivity index (χ4n) is 2.83. The number of rotatable bonds is 12. The SMILES string of the molecule is CCCCCCCNS(=O)(=O)c1ccc(C(=O)NCc2ccc(OC)cc2)cc1. The molecule has 0 aliphatic heterocycles. The van der Waals surface area contributed by atoms with Crippen molar-refractivity contribution in [3.63, 3.8) is 0 Å². The average molecular weight is 419 g/mol. The van der Waals surface area contributed by atoms with Crippen molar-refractivity contribution in [2.75, 3.05) is 13.7 Å². The molecule has 2 N–H and O–H groups in total. The normalized spacial score (nSPS) is 11.2. The molecule has 0 heterocycles. The molecule has 2 aromatic rings. The lowest BCUT2D eigenvalue weighted by atomic mass is 10.2. The van der Waals surface area contributed by atoms with Gasteiger partial charge in [-0.05, 0) is 48.4 Å². The number of amides is 1. The van der Waals surface area contributed by atoms with E-state index in [1.165, 1.54) is 30.7 Å². The van der Waals surface area contributed by atoms with Gasteiger partial charge in [-0.1, -0.05) is 44.7 Å². The number of hydrogen-bond donors (Lipinski definition) is 2. The molecule has 29 heavy (non-hydrogen) atoms. The van der Waals surface area contributed by atoms with Gasteiger partial charge in [0.1, 0.15) is 5.75 Å². The maximum atomic E-state index is 12.3. The second-order valence-corrected chi connectivity index (χ2v) is 8.63. The monoisotopic (exact) mass is 418 g/mol. The third kappa shape index (κ3) is 7.51. The van der Waals surface area contributed by atoms with Crippen molar-refractivity contribution in [2.24, 2.45) is 0 Å². The summed E-state index contributed by atoms with van der Waals surface area (Å²) in [5, 5.41) is 2.82. The maximum Gasteiger partial charge on any atom is 0.251 e. The molecule has 7 heteroatoms. The van der Waals surface area contributed by atoms with Gasteiger partial charge >= 0.3 is 0 Å². The van der Waals surface area contributed by atoms with E-state index >= 15 is 0 Å². The Bertz CT molecular complexity index is 863. The fourth-order valence-corrected chi connectivity index (χ4v) is 3.91. The Balaban J connectivity index is 1.85. The summed E-state index contributed by atoms with van der Waals surface area (Å²) in [7, 11) is -1.95. The summed E-state index contributed by atoms with van der Waals surface area (Å²) in [6.07, 6.45) is 5.30. The molecule has 0 unspecified atom stereocenters. The molecule has 2 aromatic carbocycles. The number of methoxy groups -OCH3 is 1. The largest absolute Gasteiger partial charge is 0.497 e. The molecular formula is C22H30N2O4S. The summed E-state index contributed by atoms with van der Waals surface area (Å²) in [5.74, 6) is 0.500. The number of benzene rings is 2. The predicted octanol–water partition coefficient (Wildman–Crippen LogP) is 3.87. The molecule has 0 aromatic heterocycles. The van der Waals surface area contributed by atoms with Gasteiger partial charge in [0.2, 0.25) is 10.0 Å². The third-order valence-corrected chi connectivity index (χ3v) is 6.09. The van der Waals surface area contributed by atoms with Crippen molar-refractivity contribution >= 4 is 15.9 Å². The zero-order valence-electron chi connectivity index (χ0n) is 17.1. The zero-order chi connectivity index (χ0) is 21.1. The van der Waals surface area contributed by atoms with Crippen LogP contribution in [0.15, 0.2) is 53.4 Å². The highest BCUT2D eigenvalue weighted by Crippen LogP contribution is 2.13. The van der Waals surface area contributed by atoms with E-state index in [-0.39, 0.29) is 10.8 Å². The number of sulfonamides is 1. The molecular weight excluding hydrogens is 388 g/mol. The van der Waals surface area contributed by atoms with Crippen molar-refractivity contribution in [3.05, 3.63) is 59.7 Å². The van der Waals surface area contributed by atoms with Crippen LogP contribution in [0, 0.1) is 0 Å². The van der Waals surface area contributed by atoms with E-state index < -0.39 is 10.0 Å². The van der Waals surface area contributed by atoms with Crippen molar-refractivity contribution in [3.8, 4) is 5.75 Å². The first-order valence-corrected chi connectivity index (χ1v) is 11.5. The first-order chi connectivity index (χ1) is 14.0. The minimum Gasteiger partial charge on any atom is -0.497 e. The average Bonchev–Trinajstić information content (AvgIpc) is 2.75. The Morgan fingerprint density at radius 3 is 2.21 bits per heavy atom. The van der Waals surface area contributed by atoms with E-state index in [2.05, 4.69) is 17.0 Å². The van der Waals surface area contributed by atoms with Gasteiger partial charge in [0.15, 0.2) is 0 Å². The quantitative estimate of drug-likeness (QED) is 0.513. The lowest BCUT2D eigenvalue weighted by Gasteiger charge is -2.09. The lowest BCUT2D eigenvalue weighted by molar-refractivity contribution is 0.0951. The Labute approximate surface area is 173 Å². The number of hydrogen-bond acceptors (Lipinski definition) is 4. The van der Waals surface area contributed by atoms with E-state index in [9.17, 15) is 13.2 Å². The van der Waals surface area contributed by atoms with Crippen LogP contribution < -0.4 is 14.8 Å². The third-order valence-electron chi connectivity index (χ3n) is 4.61. The molecule has 6 nitrogen and oxygen atoms in total. The zero-order valence-corrected chi connectivity index (χ0v) is 17.9. The number of carbonyl (C=O) groups excluding carboxylic acids is 1. The molecule has 0 fully saturated rings. The molecule has 0 aliphatic carbocycles. The van der Waals surface area contributed by atoms with Gasteiger partial charge < -0.3 is 10.1 Å². The topological polar surface area (TPSA) is 84.5 Å². The highest BCUT2D eigenvalue weighted by molar-refractivity contribution is 7.89. The van der Waals surface area contributed by atoms with E-state index in [0.717, 1.165) is 37.0 Å². The van der Waals surface area contributed by atoms with Crippen LogP contribution in [0.3, 0.4) is 0 Å². The summed E-state index contributed by atoms with van der Waals surface area (Å²) in [5.41, 5.74) is 1.36. The van der Waals surface area contributed by atoms with Gasteiger partial charge in [-0.2, -0.15) is 0 Å². The van der Waals surface area contributed by atoms with Crippen LogP contribution in [0.4, 0.5) is 0 Å². The van der Waals surface area contributed by atoms with Crippen LogP contribution >= 0.6 is 0 Å². The highest BCUT2D eigenvalue weighted by atomic mass is 32.2. The molecule has 0 atom stereocenters. The molecule has 0 spiro atoms. The van der Waals surface area contributed by atoms with Crippen molar-refractivity contribution in [1.29, 1.82) is 0 Å². The molecule has 0 radical (unpaired) electrons. The van der Waals surface area contributed by atoms with Gasteiger partial charge in [0.05, 0.1) is 12.0 Å². The summed E-state index contributed by atoms with van der Waals surface area (Å²) in [6, 6.07) is 13.4. The summed E-state index contributed by atoms with van der Waals surface area (Å²) < 4.78 is 32.4. The van der Waals surface area contributed by atoms with E-state index in [0.29, 0.717) is 18.7 Å². The van der Waals surface area contributed by atoms with E-state index in [4.69, 9.17) is 4.74 Å². The number of carbonyl (C=O) groups is 1. The van der Waals surface area contributed by atoms with Crippen LogP contribution in [0.5, 0.6) is 5.75 Å². The van der Waals surface area contributed by atoms with Crippen molar-refractivity contribution in [2.45, 2.75) is 50.5 Å². The standard InChI is InChI=1S/C22H30N2O4S/c1-3-4-5-6-7-16-24-29(26,27)21-14-10-19(11-15-21)22(25)23-17-18-8-12-20(28-2)13-9-18/h8-15,24H,3-7,16-17H2,1-2H3,(H,23,25). The molecule has 0 aliphatic rings. The van der Waals surface area contributed by atoms with Crippen LogP contribution in [-0.4, -0.2) is 28.0 Å². The summed E-state index contributed by atoms with van der Waals surface area (Å²) in [4.78, 5) is 12.5. The molecule has 1 amide bonds. The molecule has 2 rings (SSSR count). The maximum absolute atomic E-state index is 12.3. The fraction of sp³-hybridized carbons (Fsp3) is 0.409. The Morgan fingerprint density at radius 1 is 0.931 bits per heavy atom. The summed E-state index contributed by atoms with van der Waals surface area (Å²) >= 11 is 0. The molecule has 0 bridgehead atoms. The minimum atomic E-state index is -3.55. The van der Waals surface area contributed by atoms with Gasteiger partial charge in [0, 0.05) is 18.7 Å². The van der Waals surface area contributed by atoms with Gasteiger partial charge in [-0.25, -0.2) is 13.1 Å². The van der Waals surface area contributed by atoms with Gasteiger partial charge in [0.25, 0.3) is 5.91 Å². The van der Waals surface area contributed by atoms with Crippen LogP contribution in [0.2, 0.25) is 0 Å². The number of nitrogens with one attached hydrogen (secondary N) is 2.